The highest BCUT2D eigenvalue weighted by atomic mass is 32.2. The van der Waals surface area contributed by atoms with E-state index in [9.17, 15) is 9.59 Å². The van der Waals surface area contributed by atoms with Gasteiger partial charge in [0.25, 0.3) is 5.56 Å². The molecule has 152 valence electrons. The Hall–Kier alpha value is -2.61. The second-order valence-corrected chi connectivity index (χ2v) is 8.37. The highest BCUT2D eigenvalue weighted by molar-refractivity contribution is 7.99. The molecular formula is C21H25N5O2S. The SMILES string of the molecule is C=CCn1c(=O)c2ccccc2n2c(SCC(=O)N(C)C3CCCCC3)nnc12. The number of para-hydroxylation sites is 1. The van der Waals surface area contributed by atoms with Crippen molar-refractivity contribution >= 4 is 34.3 Å². The van der Waals surface area contributed by atoms with E-state index >= 15 is 0 Å². The van der Waals surface area contributed by atoms with Gasteiger partial charge in [0, 0.05) is 19.6 Å². The number of nitrogens with zero attached hydrogens (tertiary/aromatic N) is 5. The van der Waals surface area contributed by atoms with E-state index in [0.29, 0.717) is 34.7 Å². The number of fused-ring (bicyclic) bond motifs is 3. The topological polar surface area (TPSA) is 72.5 Å². The predicted octanol–water partition coefficient (Wildman–Crippen LogP) is 3.11. The fourth-order valence-electron chi connectivity index (χ4n) is 4.02. The third-order valence-electron chi connectivity index (χ3n) is 5.63. The van der Waals surface area contributed by atoms with E-state index < -0.39 is 0 Å². The van der Waals surface area contributed by atoms with Gasteiger partial charge in [0.05, 0.1) is 16.7 Å². The van der Waals surface area contributed by atoms with Gasteiger partial charge in [-0.05, 0) is 25.0 Å². The Morgan fingerprint density at radius 2 is 2.03 bits per heavy atom. The summed E-state index contributed by atoms with van der Waals surface area (Å²) in [6.07, 6.45) is 7.48. The number of carbonyl (C=O) groups excluding carboxylic acids is 1. The molecule has 4 rings (SSSR count). The molecule has 0 saturated heterocycles. The lowest BCUT2D eigenvalue weighted by atomic mass is 9.94. The van der Waals surface area contributed by atoms with Crippen molar-refractivity contribution < 1.29 is 4.79 Å². The first-order valence-electron chi connectivity index (χ1n) is 9.98. The lowest BCUT2D eigenvalue weighted by Crippen LogP contribution is -2.39. The first-order valence-corrected chi connectivity index (χ1v) is 11.0. The van der Waals surface area contributed by atoms with Crippen LogP contribution in [0.1, 0.15) is 32.1 Å². The van der Waals surface area contributed by atoms with Gasteiger partial charge in [-0.15, -0.1) is 16.8 Å². The maximum atomic E-state index is 12.8. The number of benzene rings is 1. The van der Waals surface area contributed by atoms with Crippen molar-refractivity contribution in [1.29, 1.82) is 0 Å². The normalized spacial score (nSPS) is 15.1. The minimum Gasteiger partial charge on any atom is -0.342 e. The highest BCUT2D eigenvalue weighted by Gasteiger charge is 2.23. The zero-order valence-electron chi connectivity index (χ0n) is 16.6. The molecule has 0 N–H and O–H groups in total. The van der Waals surface area contributed by atoms with E-state index in [0.717, 1.165) is 18.4 Å². The van der Waals surface area contributed by atoms with Crippen LogP contribution < -0.4 is 5.56 Å². The maximum absolute atomic E-state index is 12.8. The minimum atomic E-state index is -0.120. The van der Waals surface area contributed by atoms with Crippen LogP contribution in [0.25, 0.3) is 16.7 Å². The first kappa shape index (κ1) is 19.7. The lowest BCUT2D eigenvalue weighted by Gasteiger charge is -2.31. The molecule has 8 heteroatoms. The molecule has 0 atom stereocenters. The molecule has 2 heterocycles. The summed E-state index contributed by atoms with van der Waals surface area (Å²) < 4.78 is 3.42. The summed E-state index contributed by atoms with van der Waals surface area (Å²) in [4.78, 5) is 27.5. The number of aromatic nitrogens is 4. The van der Waals surface area contributed by atoms with Gasteiger partial charge < -0.3 is 4.90 Å². The van der Waals surface area contributed by atoms with Crippen molar-refractivity contribution in [2.45, 2.75) is 49.8 Å². The Labute approximate surface area is 173 Å². The van der Waals surface area contributed by atoms with Gasteiger partial charge in [-0.1, -0.05) is 49.2 Å². The highest BCUT2D eigenvalue weighted by Crippen LogP contribution is 2.25. The van der Waals surface area contributed by atoms with Crippen LogP contribution in [0.3, 0.4) is 0 Å². The Morgan fingerprint density at radius 3 is 2.79 bits per heavy atom. The summed E-state index contributed by atoms with van der Waals surface area (Å²) in [7, 11) is 1.90. The number of thioether (sulfide) groups is 1. The Morgan fingerprint density at radius 1 is 1.28 bits per heavy atom. The summed E-state index contributed by atoms with van der Waals surface area (Å²) >= 11 is 1.36. The van der Waals surface area contributed by atoms with Crippen molar-refractivity contribution in [2.24, 2.45) is 0 Å². The van der Waals surface area contributed by atoms with Crippen LogP contribution in [-0.2, 0) is 11.3 Å². The van der Waals surface area contributed by atoms with Gasteiger partial charge in [0.1, 0.15) is 0 Å². The number of allylic oxidation sites excluding steroid dienone is 1. The van der Waals surface area contributed by atoms with Gasteiger partial charge in [-0.25, -0.2) is 0 Å². The average Bonchev–Trinajstić information content (AvgIpc) is 3.19. The smallest absolute Gasteiger partial charge is 0.263 e. The van der Waals surface area contributed by atoms with Crippen molar-refractivity contribution in [1.82, 2.24) is 24.1 Å². The van der Waals surface area contributed by atoms with Crippen molar-refractivity contribution in [3.63, 3.8) is 0 Å². The van der Waals surface area contributed by atoms with Crippen LogP contribution in [-0.4, -0.2) is 48.8 Å². The molecule has 1 amide bonds. The second kappa shape index (κ2) is 8.41. The molecule has 1 aromatic carbocycles. The van der Waals surface area contributed by atoms with E-state index in [1.807, 2.05) is 34.5 Å². The van der Waals surface area contributed by atoms with E-state index in [1.165, 1.54) is 31.0 Å². The van der Waals surface area contributed by atoms with Crippen LogP contribution in [0.4, 0.5) is 0 Å². The fourth-order valence-corrected chi connectivity index (χ4v) is 4.88. The van der Waals surface area contributed by atoms with E-state index in [2.05, 4.69) is 16.8 Å². The van der Waals surface area contributed by atoms with Gasteiger partial charge in [0.15, 0.2) is 5.16 Å². The molecule has 1 aliphatic carbocycles. The molecule has 0 aliphatic heterocycles. The summed E-state index contributed by atoms with van der Waals surface area (Å²) in [6.45, 7) is 4.09. The summed E-state index contributed by atoms with van der Waals surface area (Å²) in [5, 5.41) is 9.73. The minimum absolute atomic E-state index is 0.0994. The van der Waals surface area contributed by atoms with Gasteiger partial charge >= 0.3 is 0 Å². The summed E-state index contributed by atoms with van der Waals surface area (Å²) in [6, 6.07) is 7.74. The number of hydrogen-bond donors (Lipinski definition) is 0. The third kappa shape index (κ3) is 3.69. The molecule has 1 saturated carbocycles. The molecular weight excluding hydrogens is 386 g/mol. The molecule has 7 nitrogen and oxygen atoms in total. The van der Waals surface area contributed by atoms with Crippen LogP contribution in [0, 0.1) is 0 Å². The van der Waals surface area contributed by atoms with Crippen LogP contribution >= 0.6 is 11.8 Å². The molecule has 1 fully saturated rings. The monoisotopic (exact) mass is 411 g/mol. The predicted molar refractivity (Wildman–Crippen MR) is 115 cm³/mol. The molecule has 29 heavy (non-hydrogen) atoms. The van der Waals surface area contributed by atoms with Crippen LogP contribution in [0.15, 0.2) is 46.9 Å². The summed E-state index contributed by atoms with van der Waals surface area (Å²) in [5.74, 6) is 0.856. The van der Waals surface area contributed by atoms with Crippen molar-refractivity contribution in [2.75, 3.05) is 12.8 Å². The Bertz CT molecular complexity index is 1110. The van der Waals surface area contributed by atoms with Crippen LogP contribution in [0.5, 0.6) is 0 Å². The summed E-state index contributed by atoms with van der Waals surface area (Å²) in [5.41, 5.74) is 0.624. The first-order chi connectivity index (χ1) is 14.1. The molecule has 3 aromatic rings. The zero-order valence-corrected chi connectivity index (χ0v) is 17.4. The molecule has 0 radical (unpaired) electrons. The molecule has 0 spiro atoms. The molecule has 0 bridgehead atoms. The Balaban J connectivity index is 1.65. The van der Waals surface area contributed by atoms with Crippen LogP contribution in [0.2, 0.25) is 0 Å². The standard InChI is InChI=1S/C21H25N5O2S/c1-3-13-25-19(28)16-11-7-8-12-17(16)26-20(25)22-23-21(26)29-14-18(27)24(2)15-9-5-4-6-10-15/h3,7-8,11-12,15H,1,4-6,9-10,13-14H2,2H3. The van der Waals surface area contributed by atoms with Crippen molar-refractivity contribution in [3.05, 3.63) is 47.3 Å². The Kier molecular flexibility index (Phi) is 5.71. The molecule has 1 aliphatic rings. The van der Waals surface area contributed by atoms with Gasteiger partial charge in [0.2, 0.25) is 11.7 Å². The number of carbonyl (C=O) groups is 1. The quantitative estimate of drug-likeness (QED) is 0.460. The van der Waals surface area contributed by atoms with E-state index in [1.54, 1.807) is 16.7 Å². The van der Waals surface area contributed by atoms with Gasteiger partial charge in [-0.3, -0.25) is 18.6 Å². The average molecular weight is 412 g/mol. The number of hydrogen-bond acceptors (Lipinski definition) is 5. The van der Waals surface area contributed by atoms with Gasteiger partial charge in [-0.2, -0.15) is 0 Å². The largest absolute Gasteiger partial charge is 0.342 e. The zero-order chi connectivity index (χ0) is 20.4. The van der Waals surface area contributed by atoms with E-state index in [4.69, 9.17) is 0 Å². The van der Waals surface area contributed by atoms with E-state index in [-0.39, 0.29) is 11.5 Å². The van der Waals surface area contributed by atoms with Crippen molar-refractivity contribution in [3.8, 4) is 0 Å². The second-order valence-electron chi connectivity index (χ2n) is 7.42. The maximum Gasteiger partial charge on any atom is 0.263 e. The fraction of sp³-hybridized carbons (Fsp3) is 0.429. The number of rotatable bonds is 6. The molecule has 2 aromatic heterocycles. The number of amides is 1. The third-order valence-corrected chi connectivity index (χ3v) is 6.54. The molecule has 0 unspecified atom stereocenters. The lowest BCUT2D eigenvalue weighted by molar-refractivity contribution is -0.129.